The average molecular weight is 359 g/mol. The molecule has 3 heteroatoms. The first kappa shape index (κ1) is 24.9. The molecule has 0 aromatic rings. The third-order valence-electron chi connectivity index (χ3n) is 4.68. The van der Waals surface area contributed by atoms with Crippen LogP contribution in [0, 0.1) is 5.92 Å². The van der Waals surface area contributed by atoms with Crippen molar-refractivity contribution in [2.45, 2.75) is 104 Å². The van der Waals surface area contributed by atoms with Gasteiger partial charge in [0.05, 0.1) is 26.4 Å². The summed E-state index contributed by atoms with van der Waals surface area (Å²) in [5.41, 5.74) is 0. The van der Waals surface area contributed by atoms with Crippen LogP contribution < -0.4 is 0 Å². The highest BCUT2D eigenvalue weighted by Crippen LogP contribution is 2.14. The van der Waals surface area contributed by atoms with Crippen molar-refractivity contribution in [2.24, 2.45) is 5.92 Å². The lowest BCUT2D eigenvalue weighted by Gasteiger charge is -2.05. The van der Waals surface area contributed by atoms with Gasteiger partial charge in [-0.1, -0.05) is 97.3 Å². The van der Waals surface area contributed by atoms with Gasteiger partial charge in [0.2, 0.25) is 0 Å². The molecule has 3 nitrogen and oxygen atoms in total. The lowest BCUT2D eigenvalue weighted by atomic mass is 10.0. The lowest BCUT2D eigenvalue weighted by molar-refractivity contribution is 0.0321. The minimum absolute atomic E-state index is 0.0957. The lowest BCUT2D eigenvalue weighted by Crippen LogP contribution is -2.07. The summed E-state index contributed by atoms with van der Waals surface area (Å²) in [6.45, 7) is 7.26. The normalized spacial score (nSPS) is 11.5. The summed E-state index contributed by atoms with van der Waals surface area (Å²) in [7, 11) is 0. The molecular formula is C22H46O3. The van der Waals surface area contributed by atoms with Gasteiger partial charge in [-0.15, -0.1) is 0 Å². The summed E-state index contributed by atoms with van der Waals surface area (Å²) in [5.74, 6) is 0.879. The molecule has 0 bridgehead atoms. The predicted octanol–water partition coefficient (Wildman–Crippen LogP) is 6.13. The Bertz CT molecular complexity index is 231. The van der Waals surface area contributed by atoms with Crippen LogP contribution >= 0.6 is 0 Å². The van der Waals surface area contributed by atoms with Crippen molar-refractivity contribution in [3.63, 3.8) is 0 Å². The number of unbranched alkanes of at least 4 members (excludes halogenated alkanes) is 12. The second kappa shape index (κ2) is 21.9. The van der Waals surface area contributed by atoms with Gasteiger partial charge in [-0.05, 0) is 12.3 Å². The van der Waals surface area contributed by atoms with Gasteiger partial charge >= 0.3 is 0 Å². The van der Waals surface area contributed by atoms with Gasteiger partial charge in [-0.2, -0.15) is 0 Å². The second-order valence-corrected chi connectivity index (χ2v) is 7.73. The molecule has 0 aliphatic heterocycles. The van der Waals surface area contributed by atoms with Gasteiger partial charge in [0.15, 0.2) is 0 Å². The molecule has 152 valence electrons. The average Bonchev–Trinajstić information content (AvgIpc) is 2.60. The zero-order chi connectivity index (χ0) is 18.4. The maximum absolute atomic E-state index is 8.56. The topological polar surface area (TPSA) is 38.7 Å². The number of hydrogen-bond acceptors (Lipinski definition) is 3. The summed E-state index contributed by atoms with van der Waals surface area (Å²) < 4.78 is 10.6. The zero-order valence-corrected chi connectivity index (χ0v) is 17.3. The van der Waals surface area contributed by atoms with Gasteiger partial charge in [0, 0.05) is 6.61 Å². The van der Waals surface area contributed by atoms with Crippen molar-refractivity contribution in [3.05, 3.63) is 0 Å². The van der Waals surface area contributed by atoms with E-state index in [0.717, 1.165) is 18.9 Å². The van der Waals surface area contributed by atoms with Crippen molar-refractivity contribution < 1.29 is 14.6 Å². The van der Waals surface area contributed by atoms with Gasteiger partial charge in [-0.3, -0.25) is 0 Å². The molecule has 0 aliphatic rings. The van der Waals surface area contributed by atoms with Crippen molar-refractivity contribution in [1.29, 1.82) is 0 Å². The smallest absolute Gasteiger partial charge is 0.0701 e. The summed E-state index contributed by atoms with van der Waals surface area (Å²) in [5, 5.41) is 8.56. The number of hydrogen-bond donors (Lipinski definition) is 1. The first-order valence-electron chi connectivity index (χ1n) is 11.0. The Morgan fingerprint density at radius 1 is 0.520 bits per heavy atom. The van der Waals surface area contributed by atoms with E-state index >= 15 is 0 Å². The molecule has 0 amide bonds. The molecule has 0 aromatic carbocycles. The first-order chi connectivity index (χ1) is 12.3. The fraction of sp³-hybridized carbons (Fsp3) is 1.00. The van der Waals surface area contributed by atoms with Crippen molar-refractivity contribution in [1.82, 2.24) is 0 Å². The van der Waals surface area contributed by atoms with Crippen LogP contribution in [0.25, 0.3) is 0 Å². The van der Waals surface area contributed by atoms with E-state index in [0.29, 0.717) is 19.8 Å². The Morgan fingerprint density at radius 2 is 0.920 bits per heavy atom. The summed E-state index contributed by atoms with van der Waals surface area (Å²) in [4.78, 5) is 0. The highest BCUT2D eigenvalue weighted by atomic mass is 16.5. The minimum Gasteiger partial charge on any atom is -0.394 e. The number of aliphatic hydroxyl groups excluding tert-OH is 1. The van der Waals surface area contributed by atoms with Crippen LogP contribution in [0.1, 0.15) is 104 Å². The maximum atomic E-state index is 8.56. The van der Waals surface area contributed by atoms with Gasteiger partial charge in [-0.25, -0.2) is 0 Å². The Labute approximate surface area is 157 Å². The van der Waals surface area contributed by atoms with E-state index < -0.39 is 0 Å². The maximum Gasteiger partial charge on any atom is 0.0701 e. The van der Waals surface area contributed by atoms with E-state index in [1.165, 1.54) is 83.5 Å². The third-order valence-corrected chi connectivity index (χ3v) is 4.68. The molecular weight excluding hydrogens is 312 g/mol. The largest absolute Gasteiger partial charge is 0.394 e. The van der Waals surface area contributed by atoms with E-state index in [1.807, 2.05) is 0 Å². The standard InChI is InChI=1S/C22H46O3/c1-22(2)16-14-12-10-8-6-4-3-5-7-9-11-13-15-18-24-20-21-25-19-17-23/h22-23H,3-21H2,1-2H3. The number of ether oxygens (including phenoxy) is 2. The van der Waals surface area contributed by atoms with E-state index in [-0.39, 0.29) is 6.61 Å². The molecule has 25 heavy (non-hydrogen) atoms. The molecule has 0 saturated carbocycles. The molecule has 0 unspecified atom stereocenters. The van der Waals surface area contributed by atoms with Crippen LogP contribution in [0.3, 0.4) is 0 Å². The molecule has 0 aliphatic carbocycles. The van der Waals surface area contributed by atoms with E-state index in [9.17, 15) is 0 Å². The molecule has 0 radical (unpaired) electrons. The Hall–Kier alpha value is -0.120. The van der Waals surface area contributed by atoms with Crippen LogP contribution in [0.2, 0.25) is 0 Å². The van der Waals surface area contributed by atoms with Crippen LogP contribution in [0.5, 0.6) is 0 Å². The fourth-order valence-corrected chi connectivity index (χ4v) is 3.09. The van der Waals surface area contributed by atoms with Gasteiger partial charge in [0.25, 0.3) is 0 Å². The van der Waals surface area contributed by atoms with Gasteiger partial charge in [0.1, 0.15) is 0 Å². The molecule has 0 rings (SSSR count). The number of aliphatic hydroxyl groups is 1. The molecule has 0 fully saturated rings. The van der Waals surface area contributed by atoms with Crippen LogP contribution in [0.15, 0.2) is 0 Å². The molecule has 0 saturated heterocycles. The molecule has 1 N–H and O–H groups in total. The van der Waals surface area contributed by atoms with E-state index in [1.54, 1.807) is 0 Å². The zero-order valence-electron chi connectivity index (χ0n) is 17.3. The number of rotatable bonds is 21. The Balaban J connectivity index is 2.96. The quantitative estimate of drug-likeness (QED) is 0.251. The van der Waals surface area contributed by atoms with Crippen molar-refractivity contribution in [3.8, 4) is 0 Å². The van der Waals surface area contributed by atoms with E-state index in [2.05, 4.69) is 13.8 Å². The Kier molecular flexibility index (Phi) is 21.8. The summed E-state index contributed by atoms with van der Waals surface area (Å²) >= 11 is 0. The molecule has 0 aromatic heterocycles. The van der Waals surface area contributed by atoms with E-state index in [4.69, 9.17) is 14.6 Å². The van der Waals surface area contributed by atoms with Crippen LogP contribution in [0.4, 0.5) is 0 Å². The summed E-state index contributed by atoms with van der Waals surface area (Å²) in [6, 6.07) is 0. The second-order valence-electron chi connectivity index (χ2n) is 7.73. The monoisotopic (exact) mass is 358 g/mol. The SMILES string of the molecule is CC(C)CCCCCCCCCCCCCCCOCCOCCO. The van der Waals surface area contributed by atoms with Crippen LogP contribution in [-0.4, -0.2) is 38.1 Å². The summed E-state index contributed by atoms with van der Waals surface area (Å²) in [6.07, 6.45) is 19.5. The van der Waals surface area contributed by atoms with Gasteiger partial charge < -0.3 is 14.6 Å². The fourth-order valence-electron chi connectivity index (χ4n) is 3.09. The minimum atomic E-state index is 0.0957. The highest BCUT2D eigenvalue weighted by molar-refractivity contribution is 4.51. The first-order valence-corrected chi connectivity index (χ1v) is 11.0. The predicted molar refractivity (Wildman–Crippen MR) is 108 cm³/mol. The molecule has 0 spiro atoms. The molecule has 0 atom stereocenters. The Morgan fingerprint density at radius 3 is 1.36 bits per heavy atom. The van der Waals surface area contributed by atoms with Crippen LogP contribution in [-0.2, 0) is 9.47 Å². The third kappa shape index (κ3) is 23.9. The van der Waals surface area contributed by atoms with Crippen molar-refractivity contribution >= 4 is 0 Å². The van der Waals surface area contributed by atoms with Crippen molar-refractivity contribution in [2.75, 3.05) is 33.0 Å². The highest BCUT2D eigenvalue weighted by Gasteiger charge is 1.96. The molecule has 0 heterocycles.